The van der Waals surface area contributed by atoms with Crippen LogP contribution in [0.4, 0.5) is 0 Å². The molecule has 0 radical (unpaired) electrons. The third kappa shape index (κ3) is 5.15. The number of benzene rings is 2. The normalized spacial score (nSPS) is 9.16. The van der Waals surface area contributed by atoms with Crippen molar-refractivity contribution >= 4 is 23.8 Å². The van der Waals surface area contributed by atoms with E-state index in [2.05, 4.69) is 38.3 Å². The highest BCUT2D eigenvalue weighted by Gasteiger charge is 1.91. The van der Waals surface area contributed by atoms with E-state index in [0.717, 1.165) is 17.0 Å². The van der Waals surface area contributed by atoms with Crippen molar-refractivity contribution in [1.29, 1.82) is 0 Å². The predicted molar refractivity (Wildman–Crippen MR) is 87.5 cm³/mol. The maximum Gasteiger partial charge on any atom is 0.0406 e. The SMILES string of the molecule is C=Cc1ccc(Cl)cc1.C=Cc1ccccc1CC. The lowest BCUT2D eigenvalue weighted by atomic mass is 10.1. The van der Waals surface area contributed by atoms with Gasteiger partial charge in [0.25, 0.3) is 0 Å². The molecule has 19 heavy (non-hydrogen) atoms. The van der Waals surface area contributed by atoms with E-state index >= 15 is 0 Å². The Bertz CT molecular complexity index is 524. The van der Waals surface area contributed by atoms with Crippen LogP contribution in [0.2, 0.25) is 5.02 Å². The van der Waals surface area contributed by atoms with Gasteiger partial charge in [-0.3, -0.25) is 0 Å². The van der Waals surface area contributed by atoms with E-state index in [-0.39, 0.29) is 0 Å². The lowest BCUT2D eigenvalue weighted by molar-refractivity contribution is 1.13. The van der Waals surface area contributed by atoms with Gasteiger partial charge in [0.1, 0.15) is 0 Å². The number of rotatable bonds is 3. The predicted octanol–water partition coefficient (Wildman–Crippen LogP) is 5.88. The third-order valence-electron chi connectivity index (χ3n) is 2.76. The van der Waals surface area contributed by atoms with E-state index in [4.69, 9.17) is 11.6 Å². The molecule has 0 bridgehead atoms. The Morgan fingerprint density at radius 1 is 0.947 bits per heavy atom. The quantitative estimate of drug-likeness (QED) is 0.654. The molecular weight excluding hydrogens is 252 g/mol. The van der Waals surface area contributed by atoms with Gasteiger partial charge in [0.15, 0.2) is 0 Å². The van der Waals surface area contributed by atoms with Gasteiger partial charge >= 0.3 is 0 Å². The van der Waals surface area contributed by atoms with Crippen LogP contribution in [0.25, 0.3) is 12.2 Å². The summed E-state index contributed by atoms with van der Waals surface area (Å²) < 4.78 is 0. The minimum absolute atomic E-state index is 0.764. The van der Waals surface area contributed by atoms with Crippen LogP contribution in [0.3, 0.4) is 0 Å². The summed E-state index contributed by atoms with van der Waals surface area (Å²) in [5.41, 5.74) is 3.72. The summed E-state index contributed by atoms with van der Waals surface area (Å²) in [6.07, 6.45) is 4.78. The highest BCUT2D eigenvalue weighted by Crippen LogP contribution is 2.10. The highest BCUT2D eigenvalue weighted by molar-refractivity contribution is 6.30. The molecule has 0 aliphatic rings. The Labute approximate surface area is 121 Å². The Morgan fingerprint density at radius 2 is 1.58 bits per heavy atom. The molecule has 0 spiro atoms. The van der Waals surface area contributed by atoms with E-state index in [0.29, 0.717) is 0 Å². The van der Waals surface area contributed by atoms with Crippen molar-refractivity contribution in [3.63, 3.8) is 0 Å². The fraction of sp³-hybridized carbons (Fsp3) is 0.111. The maximum atomic E-state index is 5.63. The van der Waals surface area contributed by atoms with Crippen LogP contribution in [0.5, 0.6) is 0 Å². The molecule has 0 fully saturated rings. The summed E-state index contributed by atoms with van der Waals surface area (Å²) in [4.78, 5) is 0. The molecule has 0 heterocycles. The zero-order valence-corrected chi connectivity index (χ0v) is 12.0. The number of halogens is 1. The van der Waals surface area contributed by atoms with Crippen LogP contribution in [0.1, 0.15) is 23.6 Å². The van der Waals surface area contributed by atoms with E-state index in [1.54, 1.807) is 6.08 Å². The summed E-state index contributed by atoms with van der Waals surface area (Å²) in [6, 6.07) is 15.9. The standard InChI is InChI=1S/C10H12.C8H7Cl/c1-3-9-7-5-6-8-10(9)4-2;1-2-7-3-5-8(9)6-4-7/h3,5-8H,1,4H2,2H3;2-6H,1H2. The monoisotopic (exact) mass is 270 g/mol. The second kappa shape index (κ2) is 8.34. The molecule has 0 aliphatic heterocycles. The van der Waals surface area contributed by atoms with E-state index < -0.39 is 0 Å². The third-order valence-corrected chi connectivity index (χ3v) is 3.01. The second-order valence-electron chi connectivity index (χ2n) is 4.01. The van der Waals surface area contributed by atoms with Gasteiger partial charge in [-0.25, -0.2) is 0 Å². The van der Waals surface area contributed by atoms with Crippen LogP contribution < -0.4 is 0 Å². The zero-order valence-electron chi connectivity index (χ0n) is 11.3. The minimum atomic E-state index is 0.764. The second-order valence-corrected chi connectivity index (χ2v) is 4.45. The molecule has 0 nitrogen and oxygen atoms in total. The van der Waals surface area contributed by atoms with Gasteiger partial charge in [-0.2, -0.15) is 0 Å². The van der Waals surface area contributed by atoms with Crippen molar-refractivity contribution in [2.45, 2.75) is 13.3 Å². The van der Waals surface area contributed by atoms with Gasteiger partial charge in [-0.05, 0) is 35.2 Å². The van der Waals surface area contributed by atoms with Crippen LogP contribution in [0, 0.1) is 0 Å². The fourth-order valence-corrected chi connectivity index (χ4v) is 1.78. The first kappa shape index (κ1) is 15.3. The van der Waals surface area contributed by atoms with E-state index in [9.17, 15) is 0 Å². The molecule has 0 aromatic heterocycles. The lowest BCUT2D eigenvalue weighted by Crippen LogP contribution is -1.83. The molecule has 0 unspecified atom stereocenters. The zero-order chi connectivity index (χ0) is 14.1. The topological polar surface area (TPSA) is 0 Å². The van der Waals surface area contributed by atoms with Crippen molar-refractivity contribution in [3.8, 4) is 0 Å². The maximum absolute atomic E-state index is 5.63. The van der Waals surface area contributed by atoms with Crippen molar-refractivity contribution in [3.05, 3.63) is 83.4 Å². The number of hydrogen-bond donors (Lipinski definition) is 0. The average molecular weight is 271 g/mol. The Kier molecular flexibility index (Phi) is 6.70. The Morgan fingerprint density at radius 3 is 2.05 bits per heavy atom. The molecule has 2 aromatic carbocycles. The van der Waals surface area contributed by atoms with Crippen LogP contribution in [-0.4, -0.2) is 0 Å². The largest absolute Gasteiger partial charge is 0.0985 e. The molecule has 2 rings (SSSR count). The van der Waals surface area contributed by atoms with Crippen LogP contribution >= 0.6 is 11.6 Å². The van der Waals surface area contributed by atoms with Crippen molar-refractivity contribution in [2.75, 3.05) is 0 Å². The van der Waals surface area contributed by atoms with Crippen molar-refractivity contribution in [2.24, 2.45) is 0 Å². The van der Waals surface area contributed by atoms with Gasteiger partial charge in [0.2, 0.25) is 0 Å². The number of aryl methyl sites for hydroxylation is 1. The van der Waals surface area contributed by atoms with Gasteiger partial charge in [-0.1, -0.05) is 80.2 Å². The summed E-state index contributed by atoms with van der Waals surface area (Å²) in [6.45, 7) is 9.51. The summed E-state index contributed by atoms with van der Waals surface area (Å²) in [7, 11) is 0. The molecule has 0 atom stereocenters. The fourth-order valence-electron chi connectivity index (χ4n) is 1.65. The van der Waals surface area contributed by atoms with Gasteiger partial charge in [0, 0.05) is 5.02 Å². The summed E-state index contributed by atoms with van der Waals surface area (Å²) >= 11 is 5.63. The highest BCUT2D eigenvalue weighted by atomic mass is 35.5. The molecular formula is C18H19Cl. The van der Waals surface area contributed by atoms with Crippen molar-refractivity contribution < 1.29 is 0 Å². The molecule has 0 saturated heterocycles. The molecule has 1 heteroatoms. The molecule has 98 valence electrons. The lowest BCUT2D eigenvalue weighted by Gasteiger charge is -1.99. The molecule has 0 saturated carbocycles. The van der Waals surface area contributed by atoms with Crippen LogP contribution in [-0.2, 0) is 6.42 Å². The average Bonchev–Trinajstić information content (AvgIpc) is 2.48. The number of hydrogen-bond acceptors (Lipinski definition) is 0. The Hall–Kier alpha value is -1.79. The summed E-state index contributed by atoms with van der Waals surface area (Å²) in [5.74, 6) is 0. The van der Waals surface area contributed by atoms with E-state index in [1.165, 1.54) is 11.1 Å². The molecule has 0 amide bonds. The van der Waals surface area contributed by atoms with Gasteiger partial charge in [0.05, 0.1) is 0 Å². The van der Waals surface area contributed by atoms with Gasteiger partial charge in [-0.15, -0.1) is 0 Å². The Balaban J connectivity index is 0.000000191. The molecule has 2 aromatic rings. The first-order chi connectivity index (χ1) is 9.21. The molecule has 0 N–H and O–H groups in total. The smallest absolute Gasteiger partial charge is 0.0406 e. The van der Waals surface area contributed by atoms with Crippen molar-refractivity contribution in [1.82, 2.24) is 0 Å². The molecule has 0 aliphatic carbocycles. The minimum Gasteiger partial charge on any atom is -0.0985 e. The van der Waals surface area contributed by atoms with Crippen LogP contribution in [0.15, 0.2) is 61.7 Å². The first-order valence-electron chi connectivity index (χ1n) is 6.29. The summed E-state index contributed by atoms with van der Waals surface area (Å²) in [5, 5.41) is 0.764. The first-order valence-corrected chi connectivity index (χ1v) is 6.67. The van der Waals surface area contributed by atoms with E-state index in [1.807, 2.05) is 36.4 Å². The van der Waals surface area contributed by atoms with Gasteiger partial charge < -0.3 is 0 Å².